The molecule has 0 saturated heterocycles. The average molecular weight is 339 g/mol. The van der Waals surface area contributed by atoms with E-state index in [1.807, 2.05) is 21.0 Å². The van der Waals surface area contributed by atoms with Crippen molar-refractivity contribution in [2.75, 3.05) is 24.3 Å². The van der Waals surface area contributed by atoms with E-state index >= 15 is 0 Å². The predicted octanol–water partition coefficient (Wildman–Crippen LogP) is 1.60. The first kappa shape index (κ1) is 14.4. The normalized spacial score (nSPS) is 10.4. The maximum absolute atomic E-state index is 12.3. The van der Waals surface area contributed by atoms with Crippen LogP contribution in [0, 0.1) is 6.92 Å². The quantitative estimate of drug-likeness (QED) is 0.919. The van der Waals surface area contributed by atoms with Gasteiger partial charge in [0.1, 0.15) is 12.0 Å². The Labute approximate surface area is 125 Å². The van der Waals surface area contributed by atoms with E-state index in [4.69, 9.17) is 0 Å². The molecule has 0 bridgehead atoms. The summed E-state index contributed by atoms with van der Waals surface area (Å²) in [7, 11) is 5.48. The van der Waals surface area contributed by atoms with E-state index < -0.39 is 0 Å². The van der Waals surface area contributed by atoms with Crippen LogP contribution in [0.2, 0.25) is 0 Å². The highest BCUT2D eigenvalue weighted by atomic mass is 79.9. The molecule has 1 amide bonds. The zero-order chi connectivity index (χ0) is 14.9. The van der Waals surface area contributed by atoms with Crippen molar-refractivity contribution in [3.63, 3.8) is 0 Å². The number of carbonyl (C=O) groups is 1. The van der Waals surface area contributed by atoms with Crippen LogP contribution in [0.5, 0.6) is 0 Å². The molecule has 0 aliphatic carbocycles. The van der Waals surface area contributed by atoms with Crippen molar-refractivity contribution in [1.82, 2.24) is 19.7 Å². The third kappa shape index (κ3) is 2.64. The van der Waals surface area contributed by atoms with Gasteiger partial charge in [0, 0.05) is 21.1 Å². The Bertz CT molecular complexity index is 651. The zero-order valence-electron chi connectivity index (χ0n) is 11.7. The standard InChI is InChI=1S/C12H15BrN6O/c1-7-9(13)10(17-19(7)4)12(20)16-8-5-14-6-15-11(8)18(2)3/h5-6H,1-4H3,(H,16,20). The lowest BCUT2D eigenvalue weighted by Crippen LogP contribution is -2.18. The van der Waals surface area contributed by atoms with Crippen molar-refractivity contribution in [2.45, 2.75) is 6.92 Å². The van der Waals surface area contributed by atoms with E-state index in [2.05, 4.69) is 36.3 Å². The minimum atomic E-state index is -0.307. The number of amides is 1. The topological polar surface area (TPSA) is 75.9 Å². The minimum Gasteiger partial charge on any atom is -0.361 e. The first-order chi connectivity index (χ1) is 9.41. The van der Waals surface area contributed by atoms with Crippen molar-refractivity contribution in [3.05, 3.63) is 28.4 Å². The van der Waals surface area contributed by atoms with Crippen molar-refractivity contribution < 1.29 is 4.79 Å². The molecule has 8 heteroatoms. The highest BCUT2D eigenvalue weighted by Gasteiger charge is 2.19. The lowest BCUT2D eigenvalue weighted by atomic mass is 10.3. The molecule has 1 N–H and O–H groups in total. The van der Waals surface area contributed by atoms with Gasteiger partial charge >= 0.3 is 0 Å². The van der Waals surface area contributed by atoms with Crippen molar-refractivity contribution >= 4 is 33.3 Å². The summed E-state index contributed by atoms with van der Waals surface area (Å²) in [5.74, 6) is 0.329. The van der Waals surface area contributed by atoms with Gasteiger partial charge in [-0.1, -0.05) is 0 Å². The molecular formula is C12H15BrN6O. The second kappa shape index (κ2) is 5.58. The molecule has 106 valence electrons. The molecule has 0 aliphatic rings. The van der Waals surface area contributed by atoms with E-state index in [0.29, 0.717) is 21.7 Å². The smallest absolute Gasteiger partial charge is 0.277 e. The number of rotatable bonds is 3. The summed E-state index contributed by atoms with van der Waals surface area (Å²) in [6.45, 7) is 1.88. The second-order valence-electron chi connectivity index (χ2n) is 4.48. The van der Waals surface area contributed by atoms with Crippen LogP contribution < -0.4 is 10.2 Å². The summed E-state index contributed by atoms with van der Waals surface area (Å²) in [5, 5.41) is 6.96. The molecule has 0 saturated carbocycles. The van der Waals surface area contributed by atoms with Gasteiger partial charge in [-0.05, 0) is 22.9 Å². The van der Waals surface area contributed by atoms with Crippen molar-refractivity contribution in [1.29, 1.82) is 0 Å². The Morgan fingerprint density at radius 3 is 2.70 bits per heavy atom. The van der Waals surface area contributed by atoms with Crippen molar-refractivity contribution in [2.24, 2.45) is 7.05 Å². The molecule has 2 rings (SSSR count). The van der Waals surface area contributed by atoms with Gasteiger partial charge in [0.25, 0.3) is 5.91 Å². The van der Waals surface area contributed by atoms with Gasteiger partial charge in [0.15, 0.2) is 11.5 Å². The number of halogens is 1. The van der Waals surface area contributed by atoms with Crippen LogP contribution in [0.15, 0.2) is 17.0 Å². The van der Waals surface area contributed by atoms with Crippen LogP contribution >= 0.6 is 15.9 Å². The number of aromatic nitrogens is 4. The molecule has 0 aliphatic heterocycles. The van der Waals surface area contributed by atoms with Crippen LogP contribution in [0.3, 0.4) is 0 Å². The molecule has 0 aromatic carbocycles. The first-order valence-electron chi connectivity index (χ1n) is 5.89. The van der Waals surface area contributed by atoms with Crippen LogP contribution in [0.4, 0.5) is 11.5 Å². The SMILES string of the molecule is Cc1c(Br)c(C(=O)Nc2cncnc2N(C)C)nn1C. The molecule has 0 radical (unpaired) electrons. The van der Waals surface area contributed by atoms with Gasteiger partial charge in [0.2, 0.25) is 0 Å². The van der Waals surface area contributed by atoms with Crippen LogP contribution in [0.1, 0.15) is 16.2 Å². The number of nitrogens with one attached hydrogen (secondary N) is 1. The van der Waals surface area contributed by atoms with Gasteiger partial charge in [-0.3, -0.25) is 9.48 Å². The minimum absolute atomic E-state index is 0.307. The molecule has 0 fully saturated rings. The van der Waals surface area contributed by atoms with Crippen molar-refractivity contribution in [3.8, 4) is 0 Å². The van der Waals surface area contributed by atoms with E-state index in [0.717, 1.165) is 5.69 Å². The molecule has 2 heterocycles. The highest BCUT2D eigenvalue weighted by molar-refractivity contribution is 9.10. The maximum Gasteiger partial charge on any atom is 0.277 e. The van der Waals surface area contributed by atoms with E-state index in [1.54, 1.807) is 22.8 Å². The number of nitrogens with zero attached hydrogens (tertiary/aromatic N) is 5. The molecule has 2 aromatic rings. The molecule has 0 atom stereocenters. The lowest BCUT2D eigenvalue weighted by Gasteiger charge is -2.15. The highest BCUT2D eigenvalue weighted by Crippen LogP contribution is 2.23. The maximum atomic E-state index is 12.3. The fourth-order valence-electron chi connectivity index (χ4n) is 1.68. The van der Waals surface area contributed by atoms with E-state index in [-0.39, 0.29) is 5.91 Å². The van der Waals surface area contributed by atoms with Crippen LogP contribution in [0.25, 0.3) is 0 Å². The Morgan fingerprint density at radius 2 is 2.15 bits per heavy atom. The Kier molecular flexibility index (Phi) is 4.03. The predicted molar refractivity (Wildman–Crippen MR) is 80.0 cm³/mol. The van der Waals surface area contributed by atoms with Gasteiger partial charge in [-0.25, -0.2) is 9.97 Å². The average Bonchev–Trinajstić information content (AvgIpc) is 2.67. The van der Waals surface area contributed by atoms with Crippen LogP contribution in [-0.4, -0.2) is 39.8 Å². The van der Waals surface area contributed by atoms with E-state index in [1.165, 1.54) is 6.33 Å². The number of hydrogen-bond donors (Lipinski definition) is 1. The fraction of sp³-hybridized carbons (Fsp3) is 0.333. The molecule has 0 spiro atoms. The Morgan fingerprint density at radius 1 is 1.45 bits per heavy atom. The number of anilines is 2. The lowest BCUT2D eigenvalue weighted by molar-refractivity contribution is 0.102. The van der Waals surface area contributed by atoms with Gasteiger partial charge in [0.05, 0.1) is 16.4 Å². The number of carbonyl (C=O) groups excluding carboxylic acids is 1. The molecule has 2 aromatic heterocycles. The summed E-state index contributed by atoms with van der Waals surface area (Å²) >= 11 is 3.38. The van der Waals surface area contributed by atoms with Gasteiger partial charge in [-0.2, -0.15) is 5.10 Å². The van der Waals surface area contributed by atoms with Crippen LogP contribution in [-0.2, 0) is 7.05 Å². The monoisotopic (exact) mass is 338 g/mol. The summed E-state index contributed by atoms with van der Waals surface area (Å²) < 4.78 is 2.33. The fourth-order valence-corrected chi connectivity index (χ4v) is 2.19. The second-order valence-corrected chi connectivity index (χ2v) is 5.27. The number of hydrogen-bond acceptors (Lipinski definition) is 5. The van der Waals surface area contributed by atoms with Gasteiger partial charge < -0.3 is 10.2 Å². The van der Waals surface area contributed by atoms with Gasteiger partial charge in [-0.15, -0.1) is 0 Å². The third-order valence-corrected chi connectivity index (χ3v) is 3.79. The first-order valence-corrected chi connectivity index (χ1v) is 6.69. The summed E-state index contributed by atoms with van der Waals surface area (Å²) in [4.78, 5) is 22.1. The molecular weight excluding hydrogens is 324 g/mol. The Hall–Kier alpha value is -1.96. The summed E-state index contributed by atoms with van der Waals surface area (Å²) in [6.07, 6.45) is 3.00. The molecule has 7 nitrogen and oxygen atoms in total. The number of aryl methyl sites for hydroxylation is 1. The third-order valence-electron chi connectivity index (χ3n) is 2.84. The Balaban J connectivity index is 2.31. The molecule has 0 unspecified atom stereocenters. The van der Waals surface area contributed by atoms with E-state index in [9.17, 15) is 4.79 Å². The largest absolute Gasteiger partial charge is 0.361 e. The molecule has 20 heavy (non-hydrogen) atoms. The summed E-state index contributed by atoms with van der Waals surface area (Å²) in [5.41, 5.74) is 1.75. The summed E-state index contributed by atoms with van der Waals surface area (Å²) in [6, 6.07) is 0. The zero-order valence-corrected chi connectivity index (χ0v) is 13.3.